The van der Waals surface area contributed by atoms with E-state index in [0.717, 1.165) is 16.7 Å². The van der Waals surface area contributed by atoms with E-state index in [0.29, 0.717) is 6.42 Å². The molecule has 1 atom stereocenters. The van der Waals surface area contributed by atoms with Gasteiger partial charge in [0.2, 0.25) is 0 Å². The highest BCUT2D eigenvalue weighted by Gasteiger charge is 2.15. The van der Waals surface area contributed by atoms with E-state index >= 15 is 0 Å². The molecule has 0 saturated carbocycles. The molecule has 2 rings (SSSR count). The van der Waals surface area contributed by atoms with E-state index in [4.69, 9.17) is 9.47 Å². The molecule has 112 valence electrons. The summed E-state index contributed by atoms with van der Waals surface area (Å²) >= 11 is 0. The summed E-state index contributed by atoms with van der Waals surface area (Å²) in [4.78, 5) is 4.16. The van der Waals surface area contributed by atoms with Gasteiger partial charge in [-0.1, -0.05) is 30.3 Å². The first kappa shape index (κ1) is 15.6. The van der Waals surface area contributed by atoms with Gasteiger partial charge in [-0.15, -0.1) is 0 Å². The van der Waals surface area contributed by atoms with Crippen LogP contribution in [0.3, 0.4) is 0 Å². The quantitative estimate of drug-likeness (QED) is 0.796. The van der Waals surface area contributed by atoms with Gasteiger partial charge >= 0.3 is 0 Å². The number of hydrogen-bond donors (Lipinski definition) is 1. The fourth-order valence-corrected chi connectivity index (χ4v) is 2.49. The number of aliphatic hydroxyl groups is 1. The van der Waals surface area contributed by atoms with Gasteiger partial charge in [-0.25, -0.2) is 0 Å². The number of ether oxygens (including phenoxy) is 2. The molecule has 1 aromatic heterocycles. The Kier molecular flexibility index (Phi) is 5.87. The van der Waals surface area contributed by atoms with Crippen molar-refractivity contribution in [3.05, 3.63) is 65.5 Å². The molecule has 0 radical (unpaired) electrons. The number of benzene rings is 1. The molecule has 1 aromatic carbocycles. The zero-order chi connectivity index (χ0) is 15.1. The molecule has 1 N–H and O–H groups in total. The number of nitrogens with zero attached hydrogens (tertiary/aromatic N) is 1. The molecule has 4 nitrogen and oxygen atoms in total. The minimum absolute atomic E-state index is 0.139. The third-order valence-corrected chi connectivity index (χ3v) is 3.54. The van der Waals surface area contributed by atoms with Crippen LogP contribution in [0, 0.1) is 0 Å². The molecule has 2 aromatic rings. The van der Waals surface area contributed by atoms with Gasteiger partial charge in [0.15, 0.2) is 6.29 Å². The summed E-state index contributed by atoms with van der Waals surface area (Å²) in [5.41, 5.74) is 3.22. The van der Waals surface area contributed by atoms with E-state index in [1.807, 2.05) is 42.6 Å². The molecule has 21 heavy (non-hydrogen) atoms. The van der Waals surface area contributed by atoms with E-state index < -0.39 is 0 Å². The summed E-state index contributed by atoms with van der Waals surface area (Å²) in [7, 11) is 3.23. The smallest absolute Gasteiger partial charge is 0.183 e. The summed E-state index contributed by atoms with van der Waals surface area (Å²) in [6.07, 6.45) is 3.92. The third-order valence-electron chi connectivity index (χ3n) is 3.54. The molecular formula is C17H21NO3. The Bertz CT molecular complexity index is 523. The Labute approximate surface area is 125 Å². The number of pyridine rings is 1. The van der Waals surface area contributed by atoms with Crippen molar-refractivity contribution in [2.45, 2.75) is 18.6 Å². The van der Waals surface area contributed by atoms with Crippen molar-refractivity contribution in [2.75, 3.05) is 20.8 Å². The first-order valence-electron chi connectivity index (χ1n) is 6.96. The summed E-state index contributed by atoms with van der Waals surface area (Å²) in [5.74, 6) is 0.140. The highest BCUT2D eigenvalue weighted by molar-refractivity contribution is 5.33. The van der Waals surface area contributed by atoms with Gasteiger partial charge < -0.3 is 14.6 Å². The molecule has 0 bridgehead atoms. The lowest BCUT2D eigenvalue weighted by Crippen LogP contribution is -2.06. The lowest BCUT2D eigenvalue weighted by atomic mass is 9.89. The van der Waals surface area contributed by atoms with E-state index in [9.17, 15) is 5.11 Å². The monoisotopic (exact) mass is 287 g/mol. The highest BCUT2D eigenvalue weighted by atomic mass is 16.7. The summed E-state index contributed by atoms with van der Waals surface area (Å²) in [6, 6.07) is 12.0. The molecule has 4 heteroatoms. The van der Waals surface area contributed by atoms with Gasteiger partial charge in [-0.2, -0.15) is 0 Å². The molecule has 0 saturated heterocycles. The average Bonchev–Trinajstić information content (AvgIpc) is 2.55. The fourth-order valence-electron chi connectivity index (χ4n) is 2.49. The van der Waals surface area contributed by atoms with Gasteiger partial charge in [0.1, 0.15) is 0 Å². The maximum absolute atomic E-state index is 9.32. The van der Waals surface area contributed by atoms with E-state index in [1.54, 1.807) is 20.4 Å². The van der Waals surface area contributed by atoms with Crippen LogP contribution in [0.4, 0.5) is 0 Å². The van der Waals surface area contributed by atoms with Gasteiger partial charge in [-0.3, -0.25) is 4.98 Å². The molecule has 0 spiro atoms. The number of methoxy groups -OCH3 is 2. The second-order valence-electron chi connectivity index (χ2n) is 4.82. The summed E-state index contributed by atoms with van der Waals surface area (Å²) in [5, 5.41) is 9.32. The van der Waals surface area contributed by atoms with Crippen LogP contribution in [-0.2, 0) is 9.47 Å². The molecule has 1 unspecified atom stereocenters. The number of rotatable bonds is 7. The van der Waals surface area contributed by atoms with Crippen molar-refractivity contribution in [3.63, 3.8) is 0 Å². The second-order valence-corrected chi connectivity index (χ2v) is 4.82. The van der Waals surface area contributed by atoms with Crippen molar-refractivity contribution in [3.8, 4) is 0 Å². The minimum Gasteiger partial charge on any atom is -0.396 e. The van der Waals surface area contributed by atoms with Crippen LogP contribution in [0.2, 0.25) is 0 Å². The van der Waals surface area contributed by atoms with Crippen LogP contribution in [0.5, 0.6) is 0 Å². The van der Waals surface area contributed by atoms with Crippen LogP contribution < -0.4 is 0 Å². The Balaban J connectivity index is 2.25. The molecule has 0 aliphatic carbocycles. The predicted molar refractivity (Wildman–Crippen MR) is 81.0 cm³/mol. The maximum atomic E-state index is 9.32. The zero-order valence-electron chi connectivity index (χ0n) is 12.4. The SMILES string of the molecule is COC(OC)c1ccc(C(CCO)c2cccnc2)cc1. The van der Waals surface area contributed by atoms with E-state index in [1.165, 1.54) is 0 Å². The van der Waals surface area contributed by atoms with E-state index in [2.05, 4.69) is 4.98 Å². The second kappa shape index (κ2) is 7.88. The zero-order valence-corrected chi connectivity index (χ0v) is 12.4. The summed E-state index contributed by atoms with van der Waals surface area (Å²) in [6.45, 7) is 0.139. The number of aromatic nitrogens is 1. The highest BCUT2D eigenvalue weighted by Crippen LogP contribution is 2.28. The Morgan fingerprint density at radius 1 is 1.00 bits per heavy atom. The molecular weight excluding hydrogens is 266 g/mol. The third kappa shape index (κ3) is 3.88. The van der Waals surface area contributed by atoms with Gasteiger partial charge in [-0.05, 0) is 23.6 Å². The van der Waals surface area contributed by atoms with Crippen LogP contribution in [0.15, 0.2) is 48.8 Å². The average molecular weight is 287 g/mol. The Morgan fingerprint density at radius 3 is 2.19 bits per heavy atom. The Hall–Kier alpha value is -1.75. The number of aliphatic hydroxyl groups excluding tert-OH is 1. The lowest BCUT2D eigenvalue weighted by Gasteiger charge is -2.18. The maximum Gasteiger partial charge on any atom is 0.183 e. The standard InChI is InChI=1S/C17H21NO3/c1-20-17(21-2)14-7-5-13(6-8-14)16(9-11-19)15-4-3-10-18-12-15/h3-8,10,12,16-17,19H,9,11H2,1-2H3. The molecule has 0 amide bonds. The van der Waals surface area contributed by atoms with Gasteiger partial charge in [0.05, 0.1) is 0 Å². The van der Waals surface area contributed by atoms with Crippen molar-refractivity contribution >= 4 is 0 Å². The first-order chi connectivity index (χ1) is 10.3. The topological polar surface area (TPSA) is 51.6 Å². The minimum atomic E-state index is -0.353. The largest absolute Gasteiger partial charge is 0.396 e. The van der Waals surface area contributed by atoms with Crippen LogP contribution in [0.1, 0.15) is 35.3 Å². The van der Waals surface area contributed by atoms with Crippen LogP contribution in [-0.4, -0.2) is 30.9 Å². The van der Waals surface area contributed by atoms with Crippen molar-refractivity contribution in [1.82, 2.24) is 4.98 Å². The van der Waals surface area contributed by atoms with Crippen LogP contribution in [0.25, 0.3) is 0 Å². The van der Waals surface area contributed by atoms with Crippen molar-refractivity contribution in [2.24, 2.45) is 0 Å². The molecule has 0 fully saturated rings. The fraction of sp³-hybridized carbons (Fsp3) is 0.353. The van der Waals surface area contributed by atoms with Crippen LogP contribution >= 0.6 is 0 Å². The first-order valence-corrected chi connectivity index (χ1v) is 6.96. The number of hydrogen-bond acceptors (Lipinski definition) is 4. The Morgan fingerprint density at radius 2 is 1.67 bits per heavy atom. The molecule has 1 heterocycles. The van der Waals surface area contributed by atoms with Gasteiger partial charge in [0.25, 0.3) is 0 Å². The van der Waals surface area contributed by atoms with Crippen molar-refractivity contribution < 1.29 is 14.6 Å². The van der Waals surface area contributed by atoms with Crippen molar-refractivity contribution in [1.29, 1.82) is 0 Å². The lowest BCUT2D eigenvalue weighted by molar-refractivity contribution is -0.106. The van der Waals surface area contributed by atoms with E-state index in [-0.39, 0.29) is 18.8 Å². The predicted octanol–water partition coefficient (Wildman–Crippen LogP) is 2.89. The molecule has 0 aliphatic heterocycles. The molecule has 0 aliphatic rings. The summed E-state index contributed by atoms with van der Waals surface area (Å²) < 4.78 is 10.5. The van der Waals surface area contributed by atoms with Gasteiger partial charge in [0, 0.05) is 44.7 Å². The normalized spacial score (nSPS) is 12.6.